The minimum Gasteiger partial charge on any atom is -0.382 e. The third-order valence-electron chi connectivity index (χ3n) is 4.07. The highest BCUT2D eigenvalue weighted by molar-refractivity contribution is 7.89. The number of nitrogens with zero attached hydrogens (tertiary/aromatic N) is 2. The summed E-state index contributed by atoms with van der Waals surface area (Å²) in [5.74, 6) is -0.180. The molecule has 0 saturated carbocycles. The first-order valence-corrected chi connectivity index (χ1v) is 10.4. The van der Waals surface area contributed by atoms with Crippen molar-refractivity contribution in [3.63, 3.8) is 0 Å². The molecule has 1 heterocycles. The van der Waals surface area contributed by atoms with Gasteiger partial charge < -0.3 is 5.73 Å². The molecular weight excluding hydrogens is 362 g/mol. The van der Waals surface area contributed by atoms with Crippen LogP contribution in [0.5, 0.6) is 0 Å². The third kappa shape index (κ3) is 3.62. The van der Waals surface area contributed by atoms with E-state index in [1.165, 1.54) is 4.68 Å². The van der Waals surface area contributed by atoms with Gasteiger partial charge in [0, 0.05) is 10.6 Å². The molecule has 0 aliphatic heterocycles. The first-order valence-electron chi connectivity index (χ1n) is 8.37. The first-order chi connectivity index (χ1) is 11.8. The number of rotatable bonds is 7. The van der Waals surface area contributed by atoms with Gasteiger partial charge in [0.2, 0.25) is 0 Å². The molecule has 1 aromatic heterocycles. The molecular formula is C17H24ClN3O3S. The van der Waals surface area contributed by atoms with E-state index in [9.17, 15) is 13.2 Å². The van der Waals surface area contributed by atoms with Crippen molar-refractivity contribution >= 4 is 27.4 Å². The second-order valence-electron chi connectivity index (χ2n) is 6.09. The van der Waals surface area contributed by atoms with E-state index in [0.29, 0.717) is 23.4 Å². The van der Waals surface area contributed by atoms with Crippen molar-refractivity contribution in [2.75, 3.05) is 11.5 Å². The fraction of sp³-hybridized carbons (Fsp3) is 0.471. The summed E-state index contributed by atoms with van der Waals surface area (Å²) in [7, 11) is -3.75. The molecule has 6 nitrogen and oxygen atoms in total. The Morgan fingerprint density at radius 2 is 1.84 bits per heavy atom. The van der Waals surface area contributed by atoms with Crippen LogP contribution >= 0.6 is 11.6 Å². The maximum Gasteiger partial charge on any atom is 0.278 e. The summed E-state index contributed by atoms with van der Waals surface area (Å²) in [5, 5.41) is 0.353. The molecule has 2 N–H and O–H groups in total. The number of anilines is 1. The van der Waals surface area contributed by atoms with E-state index >= 15 is 0 Å². The predicted molar refractivity (Wildman–Crippen MR) is 103 cm³/mol. The molecule has 0 bridgehead atoms. The summed E-state index contributed by atoms with van der Waals surface area (Å²) in [4.78, 5) is 13.1. The quantitative estimate of drug-likeness (QED) is 0.790. The lowest BCUT2D eigenvalue weighted by Crippen LogP contribution is -2.32. The Kier molecular flexibility index (Phi) is 6.00. The van der Waals surface area contributed by atoms with Gasteiger partial charge in [-0.05, 0) is 25.8 Å². The van der Waals surface area contributed by atoms with Crippen LogP contribution in [-0.4, -0.2) is 22.9 Å². The van der Waals surface area contributed by atoms with Crippen molar-refractivity contribution in [3.8, 4) is 11.1 Å². The van der Waals surface area contributed by atoms with E-state index < -0.39 is 15.6 Å². The van der Waals surface area contributed by atoms with Gasteiger partial charge in [-0.15, -0.1) is 0 Å². The summed E-state index contributed by atoms with van der Waals surface area (Å²) < 4.78 is 27.7. The van der Waals surface area contributed by atoms with Gasteiger partial charge in [-0.25, -0.2) is 13.1 Å². The van der Waals surface area contributed by atoms with Crippen LogP contribution in [0.4, 0.5) is 5.82 Å². The molecule has 1 unspecified atom stereocenters. The highest BCUT2D eigenvalue weighted by Crippen LogP contribution is 2.31. The summed E-state index contributed by atoms with van der Waals surface area (Å²) >= 11 is 6.22. The third-order valence-corrected chi connectivity index (χ3v) is 6.23. The molecule has 0 saturated heterocycles. The smallest absolute Gasteiger partial charge is 0.278 e. The molecule has 0 amide bonds. The molecule has 0 aliphatic rings. The summed E-state index contributed by atoms with van der Waals surface area (Å²) in [6, 6.07) is 6.49. The molecule has 0 radical (unpaired) electrons. The largest absolute Gasteiger partial charge is 0.382 e. The Morgan fingerprint density at radius 3 is 2.40 bits per heavy atom. The van der Waals surface area contributed by atoms with Crippen LogP contribution in [0.15, 0.2) is 29.1 Å². The number of hydrogen-bond donors (Lipinski definition) is 1. The van der Waals surface area contributed by atoms with Gasteiger partial charge in [0.15, 0.2) is 0 Å². The molecule has 138 valence electrons. The summed E-state index contributed by atoms with van der Waals surface area (Å²) in [6.45, 7) is 5.57. The second kappa shape index (κ2) is 7.66. The highest BCUT2D eigenvalue weighted by atomic mass is 35.5. The number of nitrogen functional groups attached to an aromatic ring is 1. The predicted octanol–water partition coefficient (Wildman–Crippen LogP) is 3.50. The van der Waals surface area contributed by atoms with E-state index in [1.807, 2.05) is 13.8 Å². The standard InChI is InChI=1S/C17H24ClN3O3S/c1-4-8-12(3)20-17(22)15(13-9-6-7-10-14(13)18)16(19)21(20)25(23,24)11-5-2/h6-7,9-10,12H,4-5,8,11,19H2,1-3H3. The number of hydrogen-bond acceptors (Lipinski definition) is 4. The van der Waals surface area contributed by atoms with Gasteiger partial charge in [0.1, 0.15) is 5.82 Å². The van der Waals surface area contributed by atoms with E-state index in [2.05, 4.69) is 0 Å². The molecule has 2 aromatic rings. The minimum absolute atomic E-state index is 0.0884. The summed E-state index contributed by atoms with van der Waals surface area (Å²) in [6.07, 6.45) is 1.90. The van der Waals surface area contributed by atoms with Crippen molar-refractivity contribution < 1.29 is 8.42 Å². The van der Waals surface area contributed by atoms with Gasteiger partial charge in [-0.3, -0.25) is 4.79 Å². The van der Waals surface area contributed by atoms with E-state index in [1.54, 1.807) is 31.2 Å². The van der Waals surface area contributed by atoms with Crippen LogP contribution in [0.3, 0.4) is 0 Å². The van der Waals surface area contributed by atoms with Crippen LogP contribution < -0.4 is 11.3 Å². The van der Waals surface area contributed by atoms with E-state index in [0.717, 1.165) is 10.5 Å². The SMILES string of the molecule is CCCC(C)n1c(=O)c(-c2ccccc2Cl)c(N)n1S(=O)(=O)CCC. The number of nitrogens with two attached hydrogens (primary N) is 1. The van der Waals surface area contributed by atoms with Gasteiger partial charge >= 0.3 is 0 Å². The molecule has 8 heteroatoms. The molecule has 1 aromatic carbocycles. The zero-order chi connectivity index (χ0) is 18.8. The Morgan fingerprint density at radius 1 is 1.20 bits per heavy atom. The Balaban J connectivity index is 2.86. The van der Waals surface area contributed by atoms with Crippen molar-refractivity contribution in [2.45, 2.75) is 46.1 Å². The minimum atomic E-state index is -3.75. The van der Waals surface area contributed by atoms with Crippen molar-refractivity contribution in [1.82, 2.24) is 8.77 Å². The Bertz CT molecular complexity index is 916. The lowest BCUT2D eigenvalue weighted by molar-refractivity contribution is 0.419. The Labute approximate surface area is 153 Å². The molecule has 2 rings (SSSR count). The van der Waals surface area contributed by atoms with E-state index in [-0.39, 0.29) is 23.2 Å². The van der Waals surface area contributed by atoms with Gasteiger partial charge in [0.25, 0.3) is 15.6 Å². The molecule has 0 fully saturated rings. The van der Waals surface area contributed by atoms with Crippen molar-refractivity contribution in [3.05, 3.63) is 39.6 Å². The maximum atomic E-state index is 13.1. The van der Waals surface area contributed by atoms with Crippen LogP contribution in [0.1, 0.15) is 46.1 Å². The van der Waals surface area contributed by atoms with Crippen LogP contribution in [-0.2, 0) is 10.0 Å². The topological polar surface area (TPSA) is 87.1 Å². The maximum absolute atomic E-state index is 13.1. The lowest BCUT2D eigenvalue weighted by Gasteiger charge is -2.18. The number of benzene rings is 1. The average molecular weight is 386 g/mol. The zero-order valence-corrected chi connectivity index (χ0v) is 16.3. The van der Waals surface area contributed by atoms with Crippen LogP contribution in [0.25, 0.3) is 11.1 Å². The number of halogens is 1. The molecule has 0 spiro atoms. The molecule has 25 heavy (non-hydrogen) atoms. The van der Waals surface area contributed by atoms with Gasteiger partial charge in [-0.1, -0.05) is 50.1 Å². The van der Waals surface area contributed by atoms with Gasteiger partial charge in [0.05, 0.1) is 17.4 Å². The summed E-state index contributed by atoms with van der Waals surface area (Å²) in [5.41, 5.74) is 6.29. The van der Waals surface area contributed by atoms with Crippen molar-refractivity contribution in [2.24, 2.45) is 0 Å². The number of aromatic nitrogens is 2. The van der Waals surface area contributed by atoms with Gasteiger partial charge in [-0.2, -0.15) is 4.09 Å². The second-order valence-corrected chi connectivity index (χ2v) is 8.41. The van der Waals surface area contributed by atoms with Crippen LogP contribution in [0, 0.1) is 0 Å². The monoisotopic (exact) mass is 385 g/mol. The molecule has 0 aliphatic carbocycles. The first kappa shape index (κ1) is 19.6. The fourth-order valence-electron chi connectivity index (χ4n) is 2.98. The van der Waals surface area contributed by atoms with E-state index in [4.69, 9.17) is 17.3 Å². The lowest BCUT2D eigenvalue weighted by atomic mass is 10.1. The zero-order valence-electron chi connectivity index (χ0n) is 14.7. The fourth-order valence-corrected chi connectivity index (χ4v) is 4.80. The molecule has 1 atom stereocenters. The Hall–Kier alpha value is -1.73. The van der Waals surface area contributed by atoms with Crippen LogP contribution in [0.2, 0.25) is 5.02 Å². The highest BCUT2D eigenvalue weighted by Gasteiger charge is 2.29. The normalized spacial score (nSPS) is 13.1. The average Bonchev–Trinajstić information content (AvgIpc) is 2.80. The van der Waals surface area contributed by atoms with Crippen molar-refractivity contribution in [1.29, 1.82) is 0 Å².